The lowest BCUT2D eigenvalue weighted by Gasteiger charge is -2.37. The van der Waals surface area contributed by atoms with E-state index < -0.39 is 0 Å². The molecule has 0 aromatic carbocycles. The standard InChI is InChI=1S/C14H24N2O.ClH/c15-9-10-3-1-6-13(10)14(17)16-11-4-2-5-12(16)8-7-11;/h10-13H,1-9,15H2;1H/t10-,11?,12?,13-;/m1./s1. The summed E-state index contributed by atoms with van der Waals surface area (Å²) in [6, 6.07) is 1.14. The summed E-state index contributed by atoms with van der Waals surface area (Å²) in [5, 5.41) is 0. The van der Waals surface area contributed by atoms with Gasteiger partial charge in [0, 0.05) is 18.0 Å². The summed E-state index contributed by atoms with van der Waals surface area (Å²) in [4.78, 5) is 15.0. The number of hydrogen-bond donors (Lipinski definition) is 1. The van der Waals surface area contributed by atoms with Gasteiger partial charge >= 0.3 is 0 Å². The van der Waals surface area contributed by atoms with Crippen molar-refractivity contribution in [2.45, 2.75) is 63.5 Å². The number of piperidine rings is 1. The Morgan fingerprint density at radius 2 is 1.61 bits per heavy atom. The van der Waals surface area contributed by atoms with Crippen LogP contribution in [0.1, 0.15) is 51.4 Å². The van der Waals surface area contributed by atoms with Crippen LogP contribution in [0.15, 0.2) is 0 Å². The minimum atomic E-state index is 0. The van der Waals surface area contributed by atoms with Crippen LogP contribution in [-0.4, -0.2) is 29.4 Å². The summed E-state index contributed by atoms with van der Waals surface area (Å²) >= 11 is 0. The van der Waals surface area contributed by atoms with Gasteiger partial charge < -0.3 is 10.6 Å². The van der Waals surface area contributed by atoms with Gasteiger partial charge in [0.15, 0.2) is 0 Å². The number of carbonyl (C=O) groups is 1. The van der Waals surface area contributed by atoms with Crippen LogP contribution < -0.4 is 5.73 Å². The van der Waals surface area contributed by atoms with E-state index in [1.807, 2.05) is 0 Å². The molecule has 2 saturated heterocycles. The first-order valence-electron chi connectivity index (χ1n) is 7.33. The van der Waals surface area contributed by atoms with Gasteiger partial charge in [-0.2, -0.15) is 0 Å². The Hall–Kier alpha value is -0.280. The lowest BCUT2D eigenvalue weighted by atomic mass is 9.92. The first kappa shape index (κ1) is 14.1. The highest BCUT2D eigenvalue weighted by Crippen LogP contribution is 2.40. The maximum atomic E-state index is 12.7. The van der Waals surface area contributed by atoms with Gasteiger partial charge in [0.1, 0.15) is 0 Å². The van der Waals surface area contributed by atoms with E-state index in [9.17, 15) is 4.79 Å². The minimum Gasteiger partial charge on any atom is -0.336 e. The molecule has 3 aliphatic rings. The molecule has 104 valence electrons. The number of amides is 1. The highest BCUT2D eigenvalue weighted by atomic mass is 35.5. The van der Waals surface area contributed by atoms with E-state index in [0.29, 0.717) is 30.5 Å². The zero-order valence-electron chi connectivity index (χ0n) is 11.0. The van der Waals surface area contributed by atoms with Crippen molar-refractivity contribution in [1.82, 2.24) is 4.90 Å². The van der Waals surface area contributed by atoms with E-state index in [4.69, 9.17) is 5.73 Å². The Kier molecular flexibility index (Phi) is 4.54. The van der Waals surface area contributed by atoms with Crippen molar-refractivity contribution in [2.24, 2.45) is 17.6 Å². The molecule has 18 heavy (non-hydrogen) atoms. The zero-order valence-corrected chi connectivity index (χ0v) is 11.8. The van der Waals surface area contributed by atoms with Gasteiger partial charge in [-0.3, -0.25) is 4.79 Å². The molecule has 1 amide bonds. The van der Waals surface area contributed by atoms with Gasteiger partial charge in [-0.1, -0.05) is 6.42 Å². The molecule has 0 aromatic heterocycles. The van der Waals surface area contributed by atoms with Crippen molar-refractivity contribution >= 4 is 18.3 Å². The average Bonchev–Trinajstić information content (AvgIpc) is 2.91. The lowest BCUT2D eigenvalue weighted by molar-refractivity contribution is -0.141. The van der Waals surface area contributed by atoms with Gasteiger partial charge in [0.05, 0.1) is 0 Å². The Morgan fingerprint density at radius 1 is 1.00 bits per heavy atom. The molecule has 2 aliphatic heterocycles. The molecule has 0 aromatic rings. The summed E-state index contributed by atoms with van der Waals surface area (Å²) in [5.41, 5.74) is 5.81. The van der Waals surface area contributed by atoms with Crippen LogP contribution in [0.2, 0.25) is 0 Å². The van der Waals surface area contributed by atoms with Crippen LogP contribution in [0, 0.1) is 11.8 Å². The SMILES string of the molecule is Cl.NC[C@H]1CCC[C@H]1C(=O)N1C2CCCC1CC2. The molecule has 1 aliphatic carbocycles. The molecule has 4 heteroatoms. The first-order chi connectivity index (χ1) is 8.31. The number of halogens is 1. The van der Waals surface area contributed by atoms with Gasteiger partial charge in [-0.15, -0.1) is 12.4 Å². The molecular formula is C14H25ClN2O. The molecule has 3 nitrogen and oxygen atoms in total. The Labute approximate surface area is 116 Å². The predicted molar refractivity (Wildman–Crippen MR) is 74.6 cm³/mol. The van der Waals surface area contributed by atoms with E-state index in [0.717, 1.165) is 12.8 Å². The fraction of sp³-hybridized carbons (Fsp3) is 0.929. The Bertz CT molecular complexity index is 294. The van der Waals surface area contributed by atoms with E-state index in [1.54, 1.807) is 0 Å². The molecule has 2 unspecified atom stereocenters. The van der Waals surface area contributed by atoms with Crippen molar-refractivity contribution in [3.05, 3.63) is 0 Å². The largest absolute Gasteiger partial charge is 0.336 e. The van der Waals surface area contributed by atoms with Gasteiger partial charge in [-0.05, 0) is 57.4 Å². The Balaban J connectivity index is 0.00000120. The van der Waals surface area contributed by atoms with E-state index in [1.165, 1.54) is 38.5 Å². The monoisotopic (exact) mass is 272 g/mol. The number of rotatable bonds is 2. The summed E-state index contributed by atoms with van der Waals surface area (Å²) in [6.07, 6.45) is 9.73. The highest BCUT2D eigenvalue weighted by Gasteiger charge is 2.44. The second kappa shape index (κ2) is 5.79. The molecule has 0 spiro atoms. The molecule has 2 N–H and O–H groups in total. The zero-order chi connectivity index (χ0) is 11.8. The average molecular weight is 273 g/mol. The number of hydrogen-bond acceptors (Lipinski definition) is 2. The van der Waals surface area contributed by atoms with Crippen molar-refractivity contribution in [3.8, 4) is 0 Å². The van der Waals surface area contributed by atoms with Crippen molar-refractivity contribution < 1.29 is 4.79 Å². The molecule has 2 bridgehead atoms. The van der Waals surface area contributed by atoms with Crippen LogP contribution in [0.4, 0.5) is 0 Å². The third-order valence-electron chi connectivity index (χ3n) is 5.23. The van der Waals surface area contributed by atoms with E-state index in [2.05, 4.69) is 4.90 Å². The van der Waals surface area contributed by atoms with Gasteiger partial charge in [0.2, 0.25) is 5.91 Å². The van der Waals surface area contributed by atoms with Crippen molar-refractivity contribution in [2.75, 3.05) is 6.54 Å². The molecule has 0 radical (unpaired) electrons. The third-order valence-corrected chi connectivity index (χ3v) is 5.23. The fourth-order valence-corrected chi connectivity index (χ4v) is 4.31. The van der Waals surface area contributed by atoms with Crippen LogP contribution >= 0.6 is 12.4 Å². The number of carbonyl (C=O) groups excluding carboxylic acids is 1. The topological polar surface area (TPSA) is 46.3 Å². The molecule has 3 rings (SSSR count). The maximum absolute atomic E-state index is 12.7. The number of nitrogens with zero attached hydrogens (tertiary/aromatic N) is 1. The third kappa shape index (κ3) is 2.27. The first-order valence-corrected chi connectivity index (χ1v) is 7.33. The number of nitrogens with two attached hydrogens (primary N) is 1. The maximum Gasteiger partial charge on any atom is 0.226 e. The molecule has 1 saturated carbocycles. The predicted octanol–water partition coefficient (Wildman–Crippen LogP) is 2.33. The summed E-state index contributed by atoms with van der Waals surface area (Å²) < 4.78 is 0. The Morgan fingerprint density at radius 3 is 2.22 bits per heavy atom. The van der Waals surface area contributed by atoms with Gasteiger partial charge in [-0.25, -0.2) is 0 Å². The second-order valence-electron chi connectivity index (χ2n) is 6.09. The lowest BCUT2D eigenvalue weighted by Crippen LogP contribution is -2.48. The quantitative estimate of drug-likeness (QED) is 0.839. The van der Waals surface area contributed by atoms with Crippen LogP contribution in [0.3, 0.4) is 0 Å². The number of fused-ring (bicyclic) bond motifs is 2. The van der Waals surface area contributed by atoms with Gasteiger partial charge in [0.25, 0.3) is 0 Å². The fourth-order valence-electron chi connectivity index (χ4n) is 4.31. The van der Waals surface area contributed by atoms with Crippen LogP contribution in [0.25, 0.3) is 0 Å². The normalized spacial score (nSPS) is 38.6. The molecule has 2 heterocycles. The molecule has 4 atom stereocenters. The summed E-state index contributed by atoms with van der Waals surface area (Å²) in [7, 11) is 0. The van der Waals surface area contributed by atoms with E-state index in [-0.39, 0.29) is 18.3 Å². The highest BCUT2D eigenvalue weighted by molar-refractivity contribution is 5.85. The summed E-state index contributed by atoms with van der Waals surface area (Å²) in [6.45, 7) is 0.694. The van der Waals surface area contributed by atoms with Crippen LogP contribution in [-0.2, 0) is 4.79 Å². The van der Waals surface area contributed by atoms with Crippen molar-refractivity contribution in [3.63, 3.8) is 0 Å². The minimum absolute atomic E-state index is 0. The smallest absolute Gasteiger partial charge is 0.226 e. The molecular weight excluding hydrogens is 248 g/mol. The van der Waals surface area contributed by atoms with Crippen LogP contribution in [0.5, 0.6) is 0 Å². The van der Waals surface area contributed by atoms with Crippen molar-refractivity contribution in [1.29, 1.82) is 0 Å². The summed E-state index contributed by atoms with van der Waals surface area (Å²) in [5.74, 6) is 1.16. The van der Waals surface area contributed by atoms with E-state index >= 15 is 0 Å². The second-order valence-corrected chi connectivity index (χ2v) is 6.09. The molecule has 3 fully saturated rings.